The van der Waals surface area contributed by atoms with E-state index in [0.29, 0.717) is 22.9 Å². The van der Waals surface area contributed by atoms with Gasteiger partial charge in [0.25, 0.3) is 5.91 Å². The van der Waals surface area contributed by atoms with Gasteiger partial charge in [-0.25, -0.2) is 4.98 Å². The molecule has 0 aliphatic carbocycles. The van der Waals surface area contributed by atoms with E-state index in [0.717, 1.165) is 5.52 Å². The molecule has 6 heteroatoms. The van der Waals surface area contributed by atoms with Crippen molar-refractivity contribution in [2.75, 3.05) is 5.32 Å². The van der Waals surface area contributed by atoms with Crippen LogP contribution in [-0.2, 0) is 7.05 Å². The second-order valence-electron chi connectivity index (χ2n) is 4.21. The third-order valence-corrected chi connectivity index (χ3v) is 2.81. The minimum atomic E-state index is -0.209. The zero-order chi connectivity index (χ0) is 13.4. The molecular formula is C13H12N4O2. The summed E-state index contributed by atoms with van der Waals surface area (Å²) in [7, 11) is 1.72. The van der Waals surface area contributed by atoms with E-state index in [1.165, 1.54) is 4.68 Å². The monoisotopic (exact) mass is 256 g/mol. The first-order chi connectivity index (χ1) is 9.13. The molecule has 1 aromatic carbocycles. The van der Waals surface area contributed by atoms with Crippen LogP contribution >= 0.6 is 0 Å². The molecule has 0 atom stereocenters. The number of aryl methyl sites for hydroxylation is 2. The number of carbonyl (C=O) groups excluding carboxylic acids is 1. The van der Waals surface area contributed by atoms with Crippen LogP contribution in [0.25, 0.3) is 11.1 Å². The maximum absolute atomic E-state index is 12.0. The lowest BCUT2D eigenvalue weighted by Crippen LogP contribution is -2.15. The normalized spacial score (nSPS) is 10.8. The van der Waals surface area contributed by atoms with Crippen molar-refractivity contribution in [3.63, 3.8) is 0 Å². The molecule has 0 saturated carbocycles. The van der Waals surface area contributed by atoms with Crippen LogP contribution < -0.4 is 5.32 Å². The third kappa shape index (κ3) is 2.08. The molecule has 0 aliphatic rings. The Morgan fingerprint density at radius 3 is 2.95 bits per heavy atom. The van der Waals surface area contributed by atoms with Crippen LogP contribution in [0.15, 0.2) is 34.9 Å². The second kappa shape index (κ2) is 4.24. The maximum Gasteiger partial charge on any atom is 0.273 e. The average Bonchev–Trinajstić information content (AvgIpc) is 2.93. The summed E-state index contributed by atoms with van der Waals surface area (Å²) in [5.74, 6) is 0.393. The van der Waals surface area contributed by atoms with Gasteiger partial charge in [0.1, 0.15) is 11.2 Å². The van der Waals surface area contributed by atoms with Crippen molar-refractivity contribution in [3.05, 3.63) is 42.0 Å². The molecule has 0 fully saturated rings. The fourth-order valence-corrected chi connectivity index (χ4v) is 1.91. The van der Waals surface area contributed by atoms with E-state index in [2.05, 4.69) is 15.4 Å². The average molecular weight is 256 g/mol. The van der Waals surface area contributed by atoms with Crippen LogP contribution in [0.2, 0.25) is 0 Å². The lowest BCUT2D eigenvalue weighted by atomic mass is 10.2. The molecule has 0 saturated heterocycles. The predicted octanol–water partition coefficient (Wildman–Crippen LogP) is 2.12. The molecule has 0 aliphatic heterocycles. The van der Waals surface area contributed by atoms with Gasteiger partial charge in [-0.05, 0) is 24.3 Å². The van der Waals surface area contributed by atoms with E-state index in [-0.39, 0.29) is 5.91 Å². The number of rotatable bonds is 2. The van der Waals surface area contributed by atoms with Gasteiger partial charge in [0, 0.05) is 25.9 Å². The fourth-order valence-electron chi connectivity index (χ4n) is 1.91. The Hall–Kier alpha value is -2.63. The smallest absolute Gasteiger partial charge is 0.273 e. The lowest BCUT2D eigenvalue weighted by molar-refractivity contribution is 0.101. The number of benzene rings is 1. The number of aromatic nitrogens is 3. The molecule has 2 aromatic heterocycles. The molecule has 96 valence electrons. The molecule has 1 N–H and O–H groups in total. The first kappa shape index (κ1) is 11.5. The highest BCUT2D eigenvalue weighted by Crippen LogP contribution is 2.20. The Labute approximate surface area is 109 Å². The van der Waals surface area contributed by atoms with Crippen molar-refractivity contribution in [1.82, 2.24) is 14.8 Å². The number of oxazole rings is 1. The van der Waals surface area contributed by atoms with Crippen molar-refractivity contribution < 1.29 is 9.21 Å². The molecule has 0 unspecified atom stereocenters. The first-order valence-corrected chi connectivity index (χ1v) is 5.80. The summed E-state index contributed by atoms with van der Waals surface area (Å²) in [6, 6.07) is 7.00. The molecule has 19 heavy (non-hydrogen) atoms. The zero-order valence-electron chi connectivity index (χ0n) is 10.5. The third-order valence-electron chi connectivity index (χ3n) is 2.81. The quantitative estimate of drug-likeness (QED) is 0.762. The van der Waals surface area contributed by atoms with Gasteiger partial charge >= 0.3 is 0 Å². The molecule has 2 heterocycles. The molecular weight excluding hydrogens is 244 g/mol. The van der Waals surface area contributed by atoms with E-state index in [1.54, 1.807) is 44.4 Å². The largest absolute Gasteiger partial charge is 0.441 e. The van der Waals surface area contributed by atoms with Gasteiger partial charge in [0.15, 0.2) is 11.5 Å². The molecule has 0 radical (unpaired) electrons. The SMILES string of the molecule is Cc1nc2cc(NC(=O)c3ccnn3C)ccc2o1. The number of fused-ring (bicyclic) bond motifs is 1. The first-order valence-electron chi connectivity index (χ1n) is 5.80. The Bertz CT molecular complexity index is 757. The van der Waals surface area contributed by atoms with Gasteiger partial charge in [-0.3, -0.25) is 9.48 Å². The van der Waals surface area contributed by atoms with Gasteiger partial charge in [-0.1, -0.05) is 0 Å². The minimum absolute atomic E-state index is 0.209. The van der Waals surface area contributed by atoms with Crippen LogP contribution in [-0.4, -0.2) is 20.7 Å². The number of carbonyl (C=O) groups is 1. The number of nitrogens with zero attached hydrogens (tertiary/aromatic N) is 3. The summed E-state index contributed by atoms with van der Waals surface area (Å²) in [6.07, 6.45) is 1.58. The summed E-state index contributed by atoms with van der Waals surface area (Å²) < 4.78 is 6.90. The second-order valence-corrected chi connectivity index (χ2v) is 4.21. The van der Waals surface area contributed by atoms with Crippen LogP contribution in [0.5, 0.6) is 0 Å². The van der Waals surface area contributed by atoms with Crippen molar-refractivity contribution in [1.29, 1.82) is 0 Å². The number of hydrogen-bond acceptors (Lipinski definition) is 4. The van der Waals surface area contributed by atoms with E-state index in [1.807, 2.05) is 0 Å². The van der Waals surface area contributed by atoms with Crippen LogP contribution in [0, 0.1) is 6.92 Å². The number of hydrogen-bond donors (Lipinski definition) is 1. The van der Waals surface area contributed by atoms with E-state index in [4.69, 9.17) is 4.42 Å². The fraction of sp³-hybridized carbons (Fsp3) is 0.154. The zero-order valence-corrected chi connectivity index (χ0v) is 10.5. The van der Waals surface area contributed by atoms with Gasteiger partial charge in [0.05, 0.1) is 0 Å². The summed E-state index contributed by atoms with van der Waals surface area (Å²) in [5, 5.41) is 6.77. The molecule has 3 aromatic rings. The Morgan fingerprint density at radius 2 is 2.21 bits per heavy atom. The van der Waals surface area contributed by atoms with Gasteiger partial charge in [-0.2, -0.15) is 5.10 Å². The van der Waals surface area contributed by atoms with Gasteiger partial charge in [-0.15, -0.1) is 0 Å². The number of nitrogens with one attached hydrogen (secondary N) is 1. The molecule has 1 amide bonds. The minimum Gasteiger partial charge on any atom is -0.441 e. The lowest BCUT2D eigenvalue weighted by Gasteiger charge is -2.04. The van der Waals surface area contributed by atoms with E-state index in [9.17, 15) is 4.79 Å². The highest BCUT2D eigenvalue weighted by atomic mass is 16.3. The summed E-state index contributed by atoms with van der Waals surface area (Å²) in [4.78, 5) is 16.2. The van der Waals surface area contributed by atoms with Crippen molar-refractivity contribution in [2.24, 2.45) is 7.05 Å². The summed E-state index contributed by atoms with van der Waals surface area (Å²) in [6.45, 7) is 1.79. The molecule has 6 nitrogen and oxygen atoms in total. The van der Waals surface area contributed by atoms with Crippen LogP contribution in [0.3, 0.4) is 0 Å². The van der Waals surface area contributed by atoms with Crippen molar-refractivity contribution in [3.8, 4) is 0 Å². The van der Waals surface area contributed by atoms with Crippen LogP contribution in [0.1, 0.15) is 16.4 Å². The van der Waals surface area contributed by atoms with E-state index < -0.39 is 0 Å². The Morgan fingerprint density at radius 1 is 1.37 bits per heavy atom. The molecule has 0 spiro atoms. The molecule has 0 bridgehead atoms. The van der Waals surface area contributed by atoms with Gasteiger partial charge < -0.3 is 9.73 Å². The number of anilines is 1. The van der Waals surface area contributed by atoms with E-state index >= 15 is 0 Å². The maximum atomic E-state index is 12.0. The standard InChI is InChI=1S/C13H12N4O2/c1-8-15-10-7-9(3-4-12(10)19-8)16-13(18)11-5-6-14-17(11)2/h3-7H,1-2H3,(H,16,18). The summed E-state index contributed by atoms with van der Waals surface area (Å²) >= 11 is 0. The van der Waals surface area contributed by atoms with Crippen LogP contribution in [0.4, 0.5) is 5.69 Å². The molecule has 3 rings (SSSR count). The Kier molecular flexibility index (Phi) is 2.56. The highest BCUT2D eigenvalue weighted by molar-refractivity contribution is 6.03. The topological polar surface area (TPSA) is 73.0 Å². The number of amides is 1. The summed E-state index contributed by atoms with van der Waals surface area (Å²) in [5.41, 5.74) is 2.60. The Balaban J connectivity index is 1.89. The highest BCUT2D eigenvalue weighted by Gasteiger charge is 2.11. The van der Waals surface area contributed by atoms with Crippen molar-refractivity contribution >= 4 is 22.7 Å². The van der Waals surface area contributed by atoms with Crippen molar-refractivity contribution in [2.45, 2.75) is 6.92 Å². The predicted molar refractivity (Wildman–Crippen MR) is 69.9 cm³/mol. The van der Waals surface area contributed by atoms with Gasteiger partial charge in [0.2, 0.25) is 0 Å².